The van der Waals surface area contributed by atoms with Gasteiger partial charge in [0.15, 0.2) is 0 Å². The second kappa shape index (κ2) is 3.62. The minimum Gasteiger partial charge on any atom is -0.328 e. The van der Waals surface area contributed by atoms with Crippen LogP contribution in [-0.2, 0) is 0 Å². The van der Waals surface area contributed by atoms with Gasteiger partial charge in [-0.2, -0.15) is 13.2 Å². The Morgan fingerprint density at radius 3 is 1.75 bits per heavy atom. The van der Waals surface area contributed by atoms with Crippen molar-refractivity contribution in [1.82, 2.24) is 0 Å². The summed E-state index contributed by atoms with van der Waals surface area (Å²) in [5.41, 5.74) is 7.90. The molecule has 0 rings (SSSR count). The molecule has 0 fully saturated rings. The van der Waals surface area contributed by atoms with Crippen molar-refractivity contribution in [2.45, 2.75) is 32.0 Å². The first-order valence-corrected chi connectivity index (χ1v) is 3.78. The molecule has 0 heterocycles. The lowest BCUT2D eigenvalue weighted by Crippen LogP contribution is -2.59. The Kier molecular flexibility index (Phi) is 3.53. The first-order valence-electron chi connectivity index (χ1n) is 3.78. The van der Waals surface area contributed by atoms with Gasteiger partial charge in [-0.3, -0.25) is 0 Å². The van der Waals surface area contributed by atoms with Crippen LogP contribution in [0.1, 0.15) is 20.3 Å². The molecule has 0 aliphatic rings. The third kappa shape index (κ3) is 2.64. The van der Waals surface area contributed by atoms with Crippen LogP contribution in [0.15, 0.2) is 0 Å². The van der Waals surface area contributed by atoms with E-state index in [9.17, 15) is 13.2 Å². The maximum absolute atomic E-state index is 12.3. The minimum atomic E-state index is -4.41. The van der Waals surface area contributed by atoms with Crippen LogP contribution in [-0.4, -0.2) is 18.3 Å². The molecule has 1 atom stereocenters. The molecule has 0 amide bonds. The molecule has 4 N–H and O–H groups in total. The maximum atomic E-state index is 12.3. The van der Waals surface area contributed by atoms with Crippen molar-refractivity contribution in [2.24, 2.45) is 17.4 Å². The summed E-state index contributed by atoms with van der Waals surface area (Å²) in [6, 6.07) is 0. The van der Waals surface area contributed by atoms with Crippen molar-refractivity contribution < 1.29 is 13.2 Å². The Hall–Kier alpha value is -0.290. The van der Waals surface area contributed by atoms with Crippen LogP contribution in [0.25, 0.3) is 0 Å². The van der Waals surface area contributed by atoms with E-state index in [-0.39, 0.29) is 12.3 Å². The van der Waals surface area contributed by atoms with E-state index in [0.717, 1.165) is 0 Å². The van der Waals surface area contributed by atoms with Gasteiger partial charge in [0.2, 0.25) is 0 Å². The fraction of sp³-hybridized carbons (Fsp3) is 1.00. The van der Waals surface area contributed by atoms with Crippen molar-refractivity contribution in [1.29, 1.82) is 0 Å². The molecule has 12 heavy (non-hydrogen) atoms. The first-order chi connectivity index (χ1) is 5.23. The second-order valence-corrected chi connectivity index (χ2v) is 3.46. The van der Waals surface area contributed by atoms with Gasteiger partial charge in [-0.05, 0) is 12.3 Å². The molecule has 0 aliphatic carbocycles. The summed E-state index contributed by atoms with van der Waals surface area (Å²) in [7, 11) is 0. The molecule has 0 aromatic heterocycles. The Morgan fingerprint density at radius 1 is 1.25 bits per heavy atom. The second-order valence-electron chi connectivity index (χ2n) is 3.46. The van der Waals surface area contributed by atoms with Gasteiger partial charge in [0.1, 0.15) is 5.54 Å². The van der Waals surface area contributed by atoms with Gasteiger partial charge in [0, 0.05) is 6.54 Å². The molecule has 0 saturated carbocycles. The molecule has 0 saturated heterocycles. The van der Waals surface area contributed by atoms with E-state index < -0.39 is 18.3 Å². The lowest BCUT2D eigenvalue weighted by atomic mass is 9.89. The lowest BCUT2D eigenvalue weighted by Gasteiger charge is -2.31. The Bertz CT molecular complexity index is 144. The fourth-order valence-electron chi connectivity index (χ4n) is 1.04. The standard InChI is InChI=1S/C7H15F3N2/c1-5(2)3-6(12,4-11)7(8,9)10/h5H,3-4,11-12H2,1-2H3. The van der Waals surface area contributed by atoms with E-state index >= 15 is 0 Å². The zero-order valence-electron chi connectivity index (χ0n) is 7.28. The molecule has 0 aromatic carbocycles. The van der Waals surface area contributed by atoms with E-state index in [0.29, 0.717) is 0 Å². The molecule has 1 unspecified atom stereocenters. The zero-order valence-corrected chi connectivity index (χ0v) is 7.28. The van der Waals surface area contributed by atoms with E-state index in [2.05, 4.69) is 0 Å². The van der Waals surface area contributed by atoms with Gasteiger partial charge in [-0.15, -0.1) is 0 Å². The van der Waals surface area contributed by atoms with Gasteiger partial charge in [0.05, 0.1) is 0 Å². The minimum absolute atomic E-state index is 0.111. The normalized spacial score (nSPS) is 18.0. The highest BCUT2D eigenvalue weighted by Gasteiger charge is 2.50. The van der Waals surface area contributed by atoms with E-state index in [4.69, 9.17) is 11.5 Å². The van der Waals surface area contributed by atoms with Gasteiger partial charge < -0.3 is 11.5 Å². The molecule has 2 nitrogen and oxygen atoms in total. The largest absolute Gasteiger partial charge is 0.407 e. The summed E-state index contributed by atoms with van der Waals surface area (Å²) in [6.07, 6.45) is -4.54. The van der Waals surface area contributed by atoms with Gasteiger partial charge in [-0.1, -0.05) is 13.8 Å². The molecule has 0 aliphatic heterocycles. The SMILES string of the molecule is CC(C)CC(N)(CN)C(F)(F)F. The van der Waals surface area contributed by atoms with Gasteiger partial charge >= 0.3 is 6.18 Å². The summed E-state index contributed by atoms with van der Waals surface area (Å²) < 4.78 is 36.8. The smallest absolute Gasteiger partial charge is 0.328 e. The monoisotopic (exact) mass is 184 g/mol. The number of halogens is 3. The highest BCUT2D eigenvalue weighted by molar-refractivity contribution is 4.93. The van der Waals surface area contributed by atoms with E-state index in [1.807, 2.05) is 0 Å². The predicted molar refractivity (Wildman–Crippen MR) is 41.5 cm³/mol. The summed E-state index contributed by atoms with van der Waals surface area (Å²) in [6.45, 7) is 2.81. The highest BCUT2D eigenvalue weighted by atomic mass is 19.4. The summed E-state index contributed by atoms with van der Waals surface area (Å²) in [5.74, 6) is -0.111. The van der Waals surface area contributed by atoms with Crippen LogP contribution in [0.5, 0.6) is 0 Å². The van der Waals surface area contributed by atoms with Crippen LogP contribution in [0, 0.1) is 5.92 Å². The van der Waals surface area contributed by atoms with Crippen LogP contribution in [0.3, 0.4) is 0 Å². The van der Waals surface area contributed by atoms with Gasteiger partial charge in [-0.25, -0.2) is 0 Å². The van der Waals surface area contributed by atoms with Crippen molar-refractivity contribution in [2.75, 3.05) is 6.54 Å². The molecular weight excluding hydrogens is 169 g/mol. The predicted octanol–water partition coefficient (Wildman–Crippen LogP) is 1.25. The highest BCUT2D eigenvalue weighted by Crippen LogP contribution is 2.32. The Balaban J connectivity index is 4.46. The molecule has 0 bridgehead atoms. The van der Waals surface area contributed by atoms with Crippen LogP contribution < -0.4 is 11.5 Å². The number of alkyl halides is 3. The number of hydrogen-bond acceptors (Lipinski definition) is 2. The molecule has 74 valence electrons. The fourth-order valence-corrected chi connectivity index (χ4v) is 1.04. The number of rotatable bonds is 3. The van der Waals surface area contributed by atoms with Crippen molar-refractivity contribution in [3.05, 3.63) is 0 Å². The third-order valence-electron chi connectivity index (χ3n) is 1.70. The van der Waals surface area contributed by atoms with Crippen molar-refractivity contribution in [3.63, 3.8) is 0 Å². The average Bonchev–Trinajstić information content (AvgIpc) is 1.83. The van der Waals surface area contributed by atoms with Gasteiger partial charge in [0.25, 0.3) is 0 Å². The molecule has 0 spiro atoms. The summed E-state index contributed by atoms with van der Waals surface area (Å²) in [5, 5.41) is 0. The Labute approximate surface area is 70.1 Å². The lowest BCUT2D eigenvalue weighted by molar-refractivity contribution is -0.187. The van der Waals surface area contributed by atoms with Crippen LogP contribution in [0.4, 0.5) is 13.2 Å². The first kappa shape index (κ1) is 11.7. The van der Waals surface area contributed by atoms with Crippen molar-refractivity contribution in [3.8, 4) is 0 Å². The summed E-state index contributed by atoms with van der Waals surface area (Å²) >= 11 is 0. The zero-order chi connectivity index (χ0) is 9.99. The number of hydrogen-bond donors (Lipinski definition) is 2. The molecule has 5 heteroatoms. The maximum Gasteiger partial charge on any atom is 0.407 e. The number of nitrogens with two attached hydrogens (primary N) is 2. The van der Waals surface area contributed by atoms with E-state index in [1.165, 1.54) is 0 Å². The topological polar surface area (TPSA) is 52.0 Å². The Morgan fingerprint density at radius 2 is 1.67 bits per heavy atom. The van der Waals surface area contributed by atoms with E-state index in [1.54, 1.807) is 13.8 Å². The average molecular weight is 184 g/mol. The third-order valence-corrected chi connectivity index (χ3v) is 1.70. The van der Waals surface area contributed by atoms with Crippen LogP contribution >= 0.6 is 0 Å². The van der Waals surface area contributed by atoms with Crippen LogP contribution in [0.2, 0.25) is 0 Å². The molecular formula is C7H15F3N2. The summed E-state index contributed by atoms with van der Waals surface area (Å²) in [4.78, 5) is 0. The molecule has 0 aromatic rings. The molecule has 0 radical (unpaired) electrons. The quantitative estimate of drug-likeness (QED) is 0.693. The van der Waals surface area contributed by atoms with Crippen molar-refractivity contribution >= 4 is 0 Å².